The Bertz CT molecular complexity index is 717. The number of halogens is 12. The molecule has 0 radical (unpaired) electrons. The zero-order valence-electron chi connectivity index (χ0n) is 12.4. The average Bonchev–Trinajstić information content (AvgIpc) is 2.53. The highest BCUT2D eigenvalue weighted by molar-refractivity contribution is 6.04. The van der Waals surface area contributed by atoms with Crippen LogP contribution in [0.25, 0.3) is 0 Å². The SMILES string of the molecule is O=C(/C=C(/F)C(F)(F)C(F)(F)C(F)(F)C(F)(F)C(F)(F)F)c1ccccc1. The van der Waals surface area contributed by atoms with Gasteiger partial charge in [0.2, 0.25) is 0 Å². The van der Waals surface area contributed by atoms with E-state index in [0.29, 0.717) is 0 Å². The number of benzene rings is 1. The molecule has 13 heteroatoms. The number of ketones is 1. The van der Waals surface area contributed by atoms with Crippen molar-refractivity contribution in [3.05, 3.63) is 47.8 Å². The van der Waals surface area contributed by atoms with Crippen LogP contribution in [0.3, 0.4) is 0 Å². The van der Waals surface area contributed by atoms with Gasteiger partial charge < -0.3 is 0 Å². The molecule has 0 spiro atoms. The molecule has 0 atom stereocenters. The lowest BCUT2D eigenvalue weighted by Gasteiger charge is -2.36. The second kappa shape index (κ2) is 6.75. The molecule has 1 rings (SSSR count). The van der Waals surface area contributed by atoms with Crippen LogP contribution in [0.4, 0.5) is 52.7 Å². The number of hydrogen-bond donors (Lipinski definition) is 0. The number of allylic oxidation sites excluding steroid dienone is 2. The Balaban J connectivity index is 3.38. The first-order valence-electron chi connectivity index (χ1n) is 6.46. The predicted molar refractivity (Wildman–Crippen MR) is 65.8 cm³/mol. The minimum absolute atomic E-state index is 0.584. The molecule has 1 nitrogen and oxygen atoms in total. The highest BCUT2D eigenvalue weighted by Gasteiger charge is 2.87. The van der Waals surface area contributed by atoms with Gasteiger partial charge in [0.25, 0.3) is 0 Å². The molecular formula is C14H6F12O. The summed E-state index contributed by atoms with van der Waals surface area (Å²) in [5.41, 5.74) is -0.584. The van der Waals surface area contributed by atoms with Gasteiger partial charge in [0, 0.05) is 11.6 Å². The van der Waals surface area contributed by atoms with Crippen LogP contribution in [0, 0.1) is 0 Å². The summed E-state index contributed by atoms with van der Waals surface area (Å²) in [6.07, 6.45) is -8.26. The first-order chi connectivity index (χ1) is 11.9. The van der Waals surface area contributed by atoms with E-state index >= 15 is 0 Å². The van der Waals surface area contributed by atoms with Gasteiger partial charge in [-0.15, -0.1) is 0 Å². The van der Waals surface area contributed by atoms with Crippen LogP contribution in [0.1, 0.15) is 10.4 Å². The van der Waals surface area contributed by atoms with Crippen LogP contribution in [0.2, 0.25) is 0 Å². The largest absolute Gasteiger partial charge is 0.460 e. The molecule has 0 bridgehead atoms. The zero-order valence-corrected chi connectivity index (χ0v) is 12.4. The Kier molecular flexibility index (Phi) is 5.71. The molecule has 0 aliphatic carbocycles. The van der Waals surface area contributed by atoms with Gasteiger partial charge in [-0.05, 0) is 0 Å². The molecule has 0 aliphatic heterocycles. The second-order valence-corrected chi connectivity index (χ2v) is 5.02. The first-order valence-corrected chi connectivity index (χ1v) is 6.46. The maximum atomic E-state index is 13.4. The summed E-state index contributed by atoms with van der Waals surface area (Å²) in [4.78, 5) is 11.4. The van der Waals surface area contributed by atoms with Crippen LogP contribution >= 0.6 is 0 Å². The minimum Gasteiger partial charge on any atom is -0.289 e. The Morgan fingerprint density at radius 3 is 1.56 bits per heavy atom. The number of hydrogen-bond acceptors (Lipinski definition) is 1. The Morgan fingerprint density at radius 1 is 0.704 bits per heavy atom. The Morgan fingerprint density at radius 2 is 1.15 bits per heavy atom. The zero-order chi connectivity index (χ0) is 21.5. The normalized spacial score (nSPS) is 15.0. The van der Waals surface area contributed by atoms with E-state index in [1.165, 1.54) is 6.07 Å². The second-order valence-electron chi connectivity index (χ2n) is 5.02. The monoisotopic (exact) mass is 418 g/mol. The van der Waals surface area contributed by atoms with Gasteiger partial charge in [-0.25, -0.2) is 4.39 Å². The van der Waals surface area contributed by atoms with Crippen molar-refractivity contribution >= 4 is 5.78 Å². The molecule has 0 unspecified atom stereocenters. The van der Waals surface area contributed by atoms with Crippen molar-refractivity contribution in [2.24, 2.45) is 0 Å². The van der Waals surface area contributed by atoms with Crippen molar-refractivity contribution in [1.29, 1.82) is 0 Å². The molecule has 1 aromatic rings. The topological polar surface area (TPSA) is 17.1 Å². The molecule has 0 heterocycles. The number of carbonyl (C=O) groups excluding carboxylic acids is 1. The van der Waals surface area contributed by atoms with Crippen LogP contribution in [0.5, 0.6) is 0 Å². The lowest BCUT2D eigenvalue weighted by molar-refractivity contribution is -0.419. The maximum Gasteiger partial charge on any atom is 0.460 e. The number of carbonyl (C=O) groups is 1. The Labute approximate surface area is 142 Å². The summed E-state index contributed by atoms with van der Waals surface area (Å²) in [5, 5.41) is 0. The summed E-state index contributed by atoms with van der Waals surface area (Å²) in [6.45, 7) is 0. The fourth-order valence-corrected chi connectivity index (χ4v) is 1.61. The van der Waals surface area contributed by atoms with Gasteiger partial charge >= 0.3 is 29.9 Å². The summed E-state index contributed by atoms with van der Waals surface area (Å²) >= 11 is 0. The summed E-state index contributed by atoms with van der Waals surface area (Å²) in [6, 6.07) is 5.26. The van der Waals surface area contributed by atoms with E-state index in [1.807, 2.05) is 0 Å². The van der Waals surface area contributed by atoms with E-state index in [0.717, 1.165) is 24.3 Å². The van der Waals surface area contributed by atoms with E-state index in [1.54, 1.807) is 0 Å². The summed E-state index contributed by atoms with van der Waals surface area (Å²) in [5.74, 6) is -35.2. The lowest BCUT2D eigenvalue weighted by Crippen LogP contribution is -2.66. The molecule has 0 fully saturated rings. The third-order valence-corrected chi connectivity index (χ3v) is 3.16. The van der Waals surface area contributed by atoms with Gasteiger partial charge in [0.1, 0.15) is 0 Å². The van der Waals surface area contributed by atoms with E-state index in [-0.39, 0.29) is 0 Å². The van der Waals surface area contributed by atoms with Gasteiger partial charge in [0.05, 0.1) is 0 Å². The predicted octanol–water partition coefficient (Wildman–Crippen LogP) is 5.83. The van der Waals surface area contributed by atoms with Crippen molar-refractivity contribution in [1.82, 2.24) is 0 Å². The molecular weight excluding hydrogens is 412 g/mol. The molecule has 0 N–H and O–H groups in total. The molecule has 152 valence electrons. The Hall–Kier alpha value is -2.21. The molecule has 0 saturated carbocycles. The quantitative estimate of drug-likeness (QED) is 0.323. The fraction of sp³-hybridized carbons (Fsp3) is 0.357. The standard InChI is InChI=1S/C14H6F12O/c15-9(6-8(27)7-4-2-1-3-5-7)10(16,17)11(18,19)12(20,21)13(22,23)14(24,25)26/h1-6H/b9-6+. The van der Waals surface area contributed by atoms with Gasteiger partial charge in [-0.3, -0.25) is 4.79 Å². The first kappa shape index (κ1) is 22.8. The van der Waals surface area contributed by atoms with Gasteiger partial charge in [0.15, 0.2) is 11.6 Å². The third-order valence-electron chi connectivity index (χ3n) is 3.16. The average molecular weight is 418 g/mol. The van der Waals surface area contributed by atoms with Gasteiger partial charge in [-0.2, -0.15) is 48.3 Å². The van der Waals surface area contributed by atoms with Crippen molar-refractivity contribution < 1.29 is 57.5 Å². The summed E-state index contributed by atoms with van der Waals surface area (Å²) < 4.78 is 154. The molecule has 0 aliphatic rings. The smallest absolute Gasteiger partial charge is 0.289 e. The van der Waals surface area contributed by atoms with Crippen molar-refractivity contribution in [2.45, 2.75) is 29.9 Å². The molecule has 0 aromatic heterocycles. The number of alkyl halides is 11. The molecule has 27 heavy (non-hydrogen) atoms. The highest BCUT2D eigenvalue weighted by Crippen LogP contribution is 2.58. The third kappa shape index (κ3) is 3.63. The maximum absolute atomic E-state index is 13.4. The molecule has 1 aromatic carbocycles. The molecule has 0 amide bonds. The minimum atomic E-state index is -7.75. The van der Waals surface area contributed by atoms with Crippen molar-refractivity contribution in [3.8, 4) is 0 Å². The summed E-state index contributed by atoms with van der Waals surface area (Å²) in [7, 11) is 0. The highest BCUT2D eigenvalue weighted by atomic mass is 19.4. The van der Waals surface area contributed by atoms with E-state index in [9.17, 15) is 57.5 Å². The van der Waals surface area contributed by atoms with Crippen LogP contribution < -0.4 is 0 Å². The van der Waals surface area contributed by atoms with Crippen LogP contribution in [-0.2, 0) is 0 Å². The van der Waals surface area contributed by atoms with Crippen molar-refractivity contribution in [3.63, 3.8) is 0 Å². The van der Waals surface area contributed by atoms with Gasteiger partial charge in [-0.1, -0.05) is 30.3 Å². The fourth-order valence-electron chi connectivity index (χ4n) is 1.61. The van der Waals surface area contributed by atoms with E-state index in [4.69, 9.17) is 0 Å². The van der Waals surface area contributed by atoms with E-state index < -0.39 is 53.1 Å². The lowest BCUT2D eigenvalue weighted by atomic mass is 9.96. The van der Waals surface area contributed by atoms with Crippen molar-refractivity contribution in [2.75, 3.05) is 0 Å². The van der Waals surface area contributed by atoms with E-state index in [2.05, 4.69) is 0 Å². The molecule has 0 saturated heterocycles. The number of rotatable bonds is 6. The van der Waals surface area contributed by atoms with Crippen LogP contribution in [0.15, 0.2) is 42.2 Å². The van der Waals surface area contributed by atoms with Crippen LogP contribution in [-0.4, -0.2) is 35.6 Å².